The molecule has 0 radical (unpaired) electrons. The number of rotatable bonds is 7. The first kappa shape index (κ1) is 20.7. The van der Waals surface area contributed by atoms with E-state index < -0.39 is 0 Å². The lowest BCUT2D eigenvalue weighted by molar-refractivity contribution is -0.117. The molecule has 1 aliphatic carbocycles. The average molecular weight is 425 g/mol. The van der Waals surface area contributed by atoms with Gasteiger partial charge in [-0.2, -0.15) is 0 Å². The quantitative estimate of drug-likeness (QED) is 0.464. The summed E-state index contributed by atoms with van der Waals surface area (Å²) in [6.07, 6.45) is 7.55. The topological polar surface area (TPSA) is 64.2 Å². The van der Waals surface area contributed by atoms with Crippen LogP contribution in [0, 0.1) is 0 Å². The molecule has 1 aromatic carbocycles. The Bertz CT molecular complexity index is 949. The highest BCUT2D eigenvalue weighted by Gasteiger charge is 2.29. The fraction of sp³-hybridized carbons (Fsp3) is 0.435. The van der Waals surface area contributed by atoms with E-state index in [2.05, 4.69) is 14.8 Å². The van der Waals surface area contributed by atoms with Crippen molar-refractivity contribution < 1.29 is 9.21 Å². The smallest absolute Gasteiger partial charge is 0.240 e. The van der Waals surface area contributed by atoms with Crippen molar-refractivity contribution in [2.75, 3.05) is 11.4 Å². The number of furan rings is 1. The summed E-state index contributed by atoms with van der Waals surface area (Å²) in [5, 5.41) is 9.43. The minimum atomic E-state index is -0.277. The van der Waals surface area contributed by atoms with Crippen LogP contribution in [0.3, 0.4) is 0 Å². The number of nitrogens with zero attached hydrogens (tertiary/aromatic N) is 4. The van der Waals surface area contributed by atoms with E-state index in [0.29, 0.717) is 12.6 Å². The summed E-state index contributed by atoms with van der Waals surface area (Å²) in [7, 11) is 0. The Hall–Kier alpha value is -2.54. The molecule has 0 bridgehead atoms. The minimum absolute atomic E-state index is 0.0754. The normalized spacial score (nSPS) is 15.8. The van der Waals surface area contributed by atoms with Gasteiger partial charge in [-0.15, -0.1) is 10.2 Å². The molecule has 1 amide bonds. The van der Waals surface area contributed by atoms with Gasteiger partial charge in [0.05, 0.1) is 11.5 Å². The first-order chi connectivity index (χ1) is 14.7. The molecule has 1 unspecified atom stereocenters. The Morgan fingerprint density at radius 3 is 2.60 bits per heavy atom. The van der Waals surface area contributed by atoms with Gasteiger partial charge >= 0.3 is 0 Å². The van der Waals surface area contributed by atoms with Crippen LogP contribution >= 0.6 is 11.8 Å². The van der Waals surface area contributed by atoms with Crippen molar-refractivity contribution in [1.29, 1.82) is 0 Å². The summed E-state index contributed by atoms with van der Waals surface area (Å²) in [4.78, 5) is 15.1. The summed E-state index contributed by atoms with van der Waals surface area (Å²) in [6.45, 7) is 4.58. The molecular formula is C23H28N4O2S. The molecule has 30 heavy (non-hydrogen) atoms. The lowest BCUT2D eigenvalue weighted by atomic mass is 9.95. The highest BCUT2D eigenvalue weighted by Crippen LogP contribution is 2.37. The predicted octanol–water partition coefficient (Wildman–Crippen LogP) is 5.58. The highest BCUT2D eigenvalue weighted by molar-refractivity contribution is 8.00. The van der Waals surface area contributed by atoms with Crippen LogP contribution in [0.1, 0.15) is 52.0 Å². The van der Waals surface area contributed by atoms with Gasteiger partial charge in [0.2, 0.25) is 11.7 Å². The summed E-state index contributed by atoms with van der Waals surface area (Å²) >= 11 is 1.48. The summed E-state index contributed by atoms with van der Waals surface area (Å²) < 4.78 is 7.82. The summed E-state index contributed by atoms with van der Waals surface area (Å²) in [5.74, 6) is 1.55. The zero-order chi connectivity index (χ0) is 20.9. The number of carbonyl (C=O) groups is 1. The molecule has 2 aromatic heterocycles. The molecule has 0 N–H and O–H groups in total. The van der Waals surface area contributed by atoms with Gasteiger partial charge in [-0.1, -0.05) is 49.2 Å². The van der Waals surface area contributed by atoms with E-state index in [4.69, 9.17) is 4.42 Å². The maximum absolute atomic E-state index is 13.2. The summed E-state index contributed by atoms with van der Waals surface area (Å²) in [5.41, 5.74) is 0.919. The van der Waals surface area contributed by atoms with E-state index in [9.17, 15) is 4.79 Å². The molecule has 6 nitrogen and oxygen atoms in total. The lowest BCUT2D eigenvalue weighted by Crippen LogP contribution is -2.36. The third kappa shape index (κ3) is 4.31. The molecule has 4 rings (SSSR count). The lowest BCUT2D eigenvalue weighted by Gasteiger charge is -2.27. The van der Waals surface area contributed by atoms with Crippen LogP contribution in [0.25, 0.3) is 11.6 Å². The minimum Gasteiger partial charge on any atom is -0.461 e. The Morgan fingerprint density at radius 1 is 1.17 bits per heavy atom. The van der Waals surface area contributed by atoms with Crippen molar-refractivity contribution in [3.63, 3.8) is 0 Å². The van der Waals surface area contributed by atoms with Gasteiger partial charge < -0.3 is 9.32 Å². The van der Waals surface area contributed by atoms with Crippen molar-refractivity contribution in [1.82, 2.24) is 14.8 Å². The highest BCUT2D eigenvalue weighted by atomic mass is 32.2. The fourth-order valence-corrected chi connectivity index (χ4v) is 5.08. The second-order valence-electron chi connectivity index (χ2n) is 7.62. The first-order valence-corrected chi connectivity index (χ1v) is 11.6. The maximum atomic E-state index is 13.2. The van der Waals surface area contributed by atoms with Crippen molar-refractivity contribution in [2.45, 2.75) is 62.4 Å². The maximum Gasteiger partial charge on any atom is 0.240 e. The molecule has 158 valence electrons. The van der Waals surface area contributed by atoms with Crippen LogP contribution in [0.2, 0.25) is 0 Å². The molecule has 1 fully saturated rings. The van der Waals surface area contributed by atoms with Gasteiger partial charge in [-0.05, 0) is 51.0 Å². The number of aromatic nitrogens is 3. The standard InChI is InChI=1S/C23H28N4O2S/c1-3-26(18-11-6-4-7-12-18)22(28)17(2)30-23-25-24-21(20-15-10-16-29-20)27(23)19-13-8-5-9-14-19/h4,6-7,10-12,15-17,19H,3,5,8-9,13-14H2,1-2H3. The number of benzene rings is 1. The zero-order valence-corrected chi connectivity index (χ0v) is 18.3. The van der Waals surface area contributed by atoms with Crippen LogP contribution in [0.15, 0.2) is 58.3 Å². The molecule has 7 heteroatoms. The third-order valence-corrected chi connectivity index (χ3v) is 6.67. The number of hydrogen-bond acceptors (Lipinski definition) is 5. The van der Waals surface area contributed by atoms with Crippen LogP contribution < -0.4 is 4.90 Å². The van der Waals surface area contributed by atoms with Crippen molar-refractivity contribution in [3.05, 3.63) is 48.7 Å². The second kappa shape index (κ2) is 9.51. The molecule has 1 aliphatic rings. The molecule has 0 saturated heterocycles. The van der Waals surface area contributed by atoms with E-state index >= 15 is 0 Å². The van der Waals surface area contributed by atoms with Crippen LogP contribution in [0.4, 0.5) is 5.69 Å². The zero-order valence-electron chi connectivity index (χ0n) is 17.5. The van der Waals surface area contributed by atoms with Gasteiger partial charge in [-0.3, -0.25) is 9.36 Å². The average Bonchev–Trinajstić information content (AvgIpc) is 3.45. The van der Waals surface area contributed by atoms with E-state index in [0.717, 1.165) is 35.3 Å². The molecule has 1 saturated carbocycles. The van der Waals surface area contributed by atoms with Gasteiger partial charge in [0.1, 0.15) is 0 Å². The Labute approximate surface area is 181 Å². The molecular weight excluding hydrogens is 396 g/mol. The van der Waals surface area contributed by atoms with Gasteiger partial charge in [0.15, 0.2) is 10.9 Å². The van der Waals surface area contributed by atoms with Crippen molar-refractivity contribution in [2.24, 2.45) is 0 Å². The van der Waals surface area contributed by atoms with Crippen LogP contribution in [0.5, 0.6) is 0 Å². The van der Waals surface area contributed by atoms with Crippen LogP contribution in [-0.4, -0.2) is 32.5 Å². The molecule has 3 aromatic rings. The van der Waals surface area contributed by atoms with Crippen molar-refractivity contribution in [3.8, 4) is 11.6 Å². The van der Waals surface area contributed by atoms with Gasteiger partial charge in [0.25, 0.3) is 0 Å². The number of hydrogen-bond donors (Lipinski definition) is 0. The van der Waals surface area contributed by atoms with Gasteiger partial charge in [-0.25, -0.2) is 0 Å². The second-order valence-corrected chi connectivity index (χ2v) is 8.93. The number of carbonyl (C=O) groups excluding carboxylic acids is 1. The third-order valence-electron chi connectivity index (χ3n) is 5.63. The van der Waals surface area contributed by atoms with Crippen LogP contribution in [-0.2, 0) is 4.79 Å². The molecule has 0 aliphatic heterocycles. The number of para-hydroxylation sites is 1. The van der Waals surface area contributed by atoms with Gasteiger partial charge in [0, 0.05) is 18.3 Å². The van der Waals surface area contributed by atoms with E-state index in [1.165, 1.54) is 31.0 Å². The summed E-state index contributed by atoms with van der Waals surface area (Å²) in [6, 6.07) is 13.9. The number of amides is 1. The fourth-order valence-electron chi connectivity index (χ4n) is 4.10. The Kier molecular flexibility index (Phi) is 6.57. The molecule has 1 atom stereocenters. The SMILES string of the molecule is CCN(C(=O)C(C)Sc1nnc(-c2ccco2)n1C1CCCCC1)c1ccccc1. The predicted molar refractivity (Wildman–Crippen MR) is 120 cm³/mol. The Morgan fingerprint density at radius 2 is 1.93 bits per heavy atom. The van der Waals surface area contributed by atoms with Crippen molar-refractivity contribution >= 4 is 23.4 Å². The molecule has 2 heterocycles. The first-order valence-electron chi connectivity index (χ1n) is 10.7. The number of anilines is 1. The number of thioether (sulfide) groups is 1. The monoisotopic (exact) mass is 424 g/mol. The van der Waals surface area contributed by atoms with E-state index in [1.807, 2.05) is 61.2 Å². The van der Waals surface area contributed by atoms with E-state index in [-0.39, 0.29) is 11.2 Å². The Balaban J connectivity index is 1.60. The van der Waals surface area contributed by atoms with E-state index in [1.54, 1.807) is 6.26 Å². The molecule has 0 spiro atoms. The largest absolute Gasteiger partial charge is 0.461 e.